The molecule has 1 amide bonds. The van der Waals surface area contributed by atoms with Crippen molar-refractivity contribution >= 4 is 34.0 Å². The summed E-state index contributed by atoms with van der Waals surface area (Å²) < 4.78 is 11.8. The molecule has 7 nitrogen and oxygen atoms in total. The zero-order valence-electron chi connectivity index (χ0n) is 17.9. The lowest BCUT2D eigenvalue weighted by molar-refractivity contribution is -0.129. The molecule has 1 atom stereocenters. The third-order valence-corrected chi connectivity index (χ3v) is 4.97. The molecule has 3 aromatic rings. The highest BCUT2D eigenvalue weighted by molar-refractivity contribution is 9.10. The van der Waals surface area contributed by atoms with Crippen LogP contribution in [0, 0.1) is 0 Å². The molecule has 8 heteroatoms. The van der Waals surface area contributed by atoms with Crippen molar-refractivity contribution in [1.29, 1.82) is 0 Å². The lowest BCUT2D eigenvalue weighted by Gasteiger charge is -2.10. The number of halogens is 1. The number of aliphatic hydroxyl groups excluding tert-OH is 1. The van der Waals surface area contributed by atoms with Gasteiger partial charge in [-0.1, -0.05) is 53.2 Å². The number of hydrazone groups is 1. The maximum absolute atomic E-state index is 12.6. The number of ether oxygens (including phenoxy) is 2. The molecule has 0 aromatic heterocycles. The third-order valence-electron chi connectivity index (χ3n) is 4.48. The van der Waals surface area contributed by atoms with Gasteiger partial charge in [0.25, 0.3) is 5.91 Å². The van der Waals surface area contributed by atoms with Crippen molar-refractivity contribution in [1.82, 2.24) is 5.43 Å². The highest BCUT2D eigenvalue weighted by Gasteiger charge is 2.16. The average Bonchev–Trinajstić information content (AvgIpc) is 2.84. The van der Waals surface area contributed by atoms with Crippen LogP contribution in [0.3, 0.4) is 0 Å². The fourth-order valence-corrected chi connectivity index (χ4v) is 3.17. The Morgan fingerprint density at radius 2 is 1.82 bits per heavy atom. The summed E-state index contributed by atoms with van der Waals surface area (Å²) in [6.07, 6.45) is 0.876. The Labute approximate surface area is 200 Å². The molecule has 0 saturated carbocycles. The molecule has 3 rings (SSSR count). The molecule has 0 bridgehead atoms. The second-order valence-electron chi connectivity index (χ2n) is 6.99. The molecule has 0 aliphatic carbocycles. The SMILES string of the molecule is CCCOc1ccc(C(=O)Oc2ccc(Br)cc2/C=N/NC(=O)C(O)c2ccccc2)cc1. The first-order valence-corrected chi connectivity index (χ1v) is 11.1. The molecule has 0 saturated heterocycles. The lowest BCUT2D eigenvalue weighted by atomic mass is 10.1. The number of hydrogen-bond donors (Lipinski definition) is 2. The van der Waals surface area contributed by atoms with Crippen LogP contribution >= 0.6 is 15.9 Å². The minimum absolute atomic E-state index is 0.260. The number of amides is 1. The third kappa shape index (κ3) is 7.00. The van der Waals surface area contributed by atoms with Gasteiger partial charge in [-0.15, -0.1) is 0 Å². The number of aliphatic hydroxyl groups is 1. The van der Waals surface area contributed by atoms with Crippen LogP contribution in [-0.4, -0.2) is 29.8 Å². The first-order chi connectivity index (χ1) is 16.0. The standard InChI is InChI=1S/C25H23BrN2O5/c1-2-14-32-21-11-8-18(9-12-21)25(31)33-22-13-10-20(26)15-19(22)16-27-28-24(30)23(29)17-6-4-3-5-7-17/h3-13,15-16,23,29H,2,14H2,1H3,(H,28,30)/b27-16+. The fraction of sp³-hybridized carbons (Fsp3) is 0.160. The van der Waals surface area contributed by atoms with Gasteiger partial charge in [0.05, 0.1) is 18.4 Å². The van der Waals surface area contributed by atoms with E-state index in [4.69, 9.17) is 9.47 Å². The molecule has 33 heavy (non-hydrogen) atoms. The molecule has 0 heterocycles. The summed E-state index contributed by atoms with van der Waals surface area (Å²) in [6, 6.07) is 20.2. The number of hydrogen-bond acceptors (Lipinski definition) is 6. The van der Waals surface area contributed by atoms with Gasteiger partial charge in [0.15, 0.2) is 6.10 Å². The molecule has 2 N–H and O–H groups in total. The van der Waals surface area contributed by atoms with E-state index in [0.717, 1.165) is 10.9 Å². The number of nitrogens with one attached hydrogen (secondary N) is 1. The van der Waals surface area contributed by atoms with Crippen molar-refractivity contribution in [2.45, 2.75) is 19.4 Å². The Hall–Kier alpha value is -3.49. The second-order valence-corrected chi connectivity index (χ2v) is 7.91. The van der Waals surface area contributed by atoms with Crippen LogP contribution in [0.25, 0.3) is 0 Å². The highest BCUT2D eigenvalue weighted by atomic mass is 79.9. The minimum Gasteiger partial charge on any atom is -0.494 e. The molecule has 0 spiro atoms. The van der Waals surface area contributed by atoms with Crippen LogP contribution in [0.5, 0.6) is 11.5 Å². The fourth-order valence-electron chi connectivity index (χ4n) is 2.79. The summed E-state index contributed by atoms with van der Waals surface area (Å²) in [5.41, 5.74) is 3.57. The smallest absolute Gasteiger partial charge is 0.343 e. The van der Waals surface area contributed by atoms with Gasteiger partial charge in [-0.3, -0.25) is 4.79 Å². The van der Waals surface area contributed by atoms with Crippen molar-refractivity contribution in [2.75, 3.05) is 6.61 Å². The average molecular weight is 511 g/mol. The summed E-state index contributed by atoms with van der Waals surface area (Å²) in [5, 5.41) is 14.0. The van der Waals surface area contributed by atoms with E-state index in [-0.39, 0.29) is 5.75 Å². The van der Waals surface area contributed by atoms with E-state index in [0.29, 0.717) is 29.0 Å². The maximum atomic E-state index is 12.6. The van der Waals surface area contributed by atoms with Crippen LogP contribution in [0.1, 0.15) is 40.9 Å². The Bertz CT molecular complexity index is 1120. The predicted molar refractivity (Wildman–Crippen MR) is 128 cm³/mol. The maximum Gasteiger partial charge on any atom is 0.343 e. The number of nitrogens with zero attached hydrogens (tertiary/aromatic N) is 1. The number of carbonyl (C=O) groups excluding carboxylic acids is 2. The van der Waals surface area contributed by atoms with Crippen LogP contribution < -0.4 is 14.9 Å². The first-order valence-electron chi connectivity index (χ1n) is 10.3. The normalized spacial score (nSPS) is 11.7. The van der Waals surface area contributed by atoms with Crippen molar-refractivity contribution in [2.24, 2.45) is 5.10 Å². The van der Waals surface area contributed by atoms with Crippen LogP contribution in [0.15, 0.2) is 82.4 Å². The molecular weight excluding hydrogens is 488 g/mol. The van der Waals surface area contributed by atoms with E-state index < -0.39 is 18.0 Å². The van der Waals surface area contributed by atoms with Crippen LogP contribution in [-0.2, 0) is 4.79 Å². The Morgan fingerprint density at radius 3 is 2.52 bits per heavy atom. The molecule has 0 fully saturated rings. The summed E-state index contributed by atoms with van der Waals surface area (Å²) in [6.45, 7) is 2.62. The molecule has 0 aliphatic rings. The van der Waals surface area contributed by atoms with Crippen molar-refractivity contribution < 1.29 is 24.2 Å². The molecule has 170 valence electrons. The van der Waals surface area contributed by atoms with E-state index in [1.54, 1.807) is 72.8 Å². The molecule has 0 radical (unpaired) electrons. The van der Waals surface area contributed by atoms with E-state index in [1.165, 1.54) is 6.21 Å². The Morgan fingerprint density at radius 1 is 1.09 bits per heavy atom. The highest BCUT2D eigenvalue weighted by Crippen LogP contribution is 2.23. The number of esters is 1. The van der Waals surface area contributed by atoms with Crippen molar-refractivity contribution in [3.8, 4) is 11.5 Å². The molecular formula is C25H23BrN2O5. The van der Waals surface area contributed by atoms with Gasteiger partial charge in [-0.25, -0.2) is 10.2 Å². The van der Waals surface area contributed by atoms with E-state index in [9.17, 15) is 14.7 Å². The van der Waals surface area contributed by atoms with Crippen LogP contribution in [0.2, 0.25) is 0 Å². The molecule has 3 aromatic carbocycles. The zero-order chi connectivity index (χ0) is 23.6. The quantitative estimate of drug-likeness (QED) is 0.189. The molecule has 0 aliphatic heterocycles. The zero-order valence-corrected chi connectivity index (χ0v) is 19.5. The number of rotatable bonds is 9. The van der Waals surface area contributed by atoms with Crippen molar-refractivity contribution in [3.05, 3.63) is 94.0 Å². The summed E-state index contributed by atoms with van der Waals surface area (Å²) in [4.78, 5) is 24.7. The monoisotopic (exact) mass is 510 g/mol. The van der Waals surface area contributed by atoms with Gasteiger partial charge in [0.2, 0.25) is 0 Å². The Kier molecular flexibility index (Phi) is 8.74. The molecule has 1 unspecified atom stereocenters. The summed E-state index contributed by atoms with van der Waals surface area (Å²) in [5.74, 6) is -0.289. The minimum atomic E-state index is -1.35. The van der Waals surface area contributed by atoms with E-state index >= 15 is 0 Å². The summed E-state index contributed by atoms with van der Waals surface area (Å²) in [7, 11) is 0. The van der Waals surface area contributed by atoms with Gasteiger partial charge in [-0.05, 0) is 54.4 Å². The summed E-state index contributed by atoms with van der Waals surface area (Å²) >= 11 is 3.37. The van der Waals surface area contributed by atoms with E-state index in [2.05, 4.69) is 26.5 Å². The number of benzene rings is 3. The Balaban J connectivity index is 1.67. The van der Waals surface area contributed by atoms with Crippen molar-refractivity contribution in [3.63, 3.8) is 0 Å². The second kappa shape index (κ2) is 11.9. The van der Waals surface area contributed by atoms with Gasteiger partial charge in [0.1, 0.15) is 11.5 Å². The van der Waals surface area contributed by atoms with Gasteiger partial charge in [0, 0.05) is 10.0 Å². The predicted octanol–water partition coefficient (Wildman–Crippen LogP) is 4.64. The first kappa shape index (κ1) is 24.2. The van der Waals surface area contributed by atoms with Gasteiger partial charge >= 0.3 is 5.97 Å². The number of carbonyl (C=O) groups is 2. The van der Waals surface area contributed by atoms with Gasteiger partial charge in [-0.2, -0.15) is 5.10 Å². The van der Waals surface area contributed by atoms with Gasteiger partial charge < -0.3 is 14.6 Å². The van der Waals surface area contributed by atoms with E-state index in [1.807, 2.05) is 6.92 Å². The topological polar surface area (TPSA) is 97.2 Å². The van der Waals surface area contributed by atoms with Crippen LogP contribution in [0.4, 0.5) is 0 Å². The lowest BCUT2D eigenvalue weighted by Crippen LogP contribution is -2.25. The largest absolute Gasteiger partial charge is 0.494 e.